The van der Waals surface area contributed by atoms with Gasteiger partial charge in [-0.2, -0.15) is 0 Å². The second-order valence-corrected chi connectivity index (χ2v) is 16.6. The van der Waals surface area contributed by atoms with E-state index in [0.717, 1.165) is 80.4 Å². The Bertz CT molecular complexity index is 1700. The molecule has 6 rings (SSSR count). The molecule has 1 unspecified atom stereocenters. The molecule has 3 aromatic carbocycles. The minimum Gasteiger partial charge on any atom is -0.490 e. The summed E-state index contributed by atoms with van der Waals surface area (Å²) in [6, 6.07) is 21.5. The third-order valence-corrected chi connectivity index (χ3v) is 12.5. The van der Waals surface area contributed by atoms with Crippen LogP contribution in [0.25, 0.3) is 0 Å². The molecule has 0 radical (unpaired) electrons. The van der Waals surface area contributed by atoms with Gasteiger partial charge in [-0.3, -0.25) is 4.90 Å². The maximum atomic E-state index is 14.7. The summed E-state index contributed by atoms with van der Waals surface area (Å²) < 4.78 is 65.0. The normalized spacial score (nSPS) is 22.0. The Hall–Kier alpha value is -3.07. The number of rotatable bonds is 18. The van der Waals surface area contributed by atoms with Crippen LogP contribution in [0.3, 0.4) is 0 Å². The fourth-order valence-corrected chi connectivity index (χ4v) is 9.20. The number of nitrogens with zero attached hydrogens (tertiary/aromatic N) is 2. The highest BCUT2D eigenvalue weighted by atomic mass is 32.2. The number of morpholine rings is 1. The zero-order chi connectivity index (χ0) is 37.9. The molecule has 0 bridgehead atoms. The van der Waals surface area contributed by atoms with Crippen molar-refractivity contribution >= 4 is 15.5 Å². The SMILES string of the molecule is CCO[C@H](C)COCc1ccc([C@H]2C[C@H](CN3CCOCC3)NC[C@@H]2OC(c2ccc3c(c2)N(CCCOC)CCO3)S(=O)(=O)c2ccc(C)cc2)cc1. The van der Waals surface area contributed by atoms with Crippen LogP contribution in [-0.4, -0.2) is 118 Å². The molecule has 12 heteroatoms. The van der Waals surface area contributed by atoms with Crippen molar-refractivity contribution in [2.45, 2.75) is 74.7 Å². The third-order valence-electron chi connectivity index (χ3n) is 10.6. The van der Waals surface area contributed by atoms with Crippen molar-refractivity contribution < 1.29 is 36.8 Å². The van der Waals surface area contributed by atoms with Crippen molar-refractivity contribution in [1.29, 1.82) is 0 Å². The maximum absolute atomic E-state index is 14.7. The van der Waals surface area contributed by atoms with Gasteiger partial charge in [-0.05, 0) is 74.6 Å². The van der Waals surface area contributed by atoms with E-state index in [1.54, 1.807) is 19.2 Å². The summed E-state index contributed by atoms with van der Waals surface area (Å²) in [6.45, 7) is 15.0. The molecule has 3 heterocycles. The molecule has 54 heavy (non-hydrogen) atoms. The van der Waals surface area contributed by atoms with Crippen LogP contribution in [0, 0.1) is 6.92 Å². The van der Waals surface area contributed by atoms with Crippen LogP contribution >= 0.6 is 0 Å². The molecule has 2 fully saturated rings. The lowest BCUT2D eigenvalue weighted by molar-refractivity contribution is -0.0139. The number of methoxy groups -OCH3 is 1. The first-order valence-corrected chi connectivity index (χ1v) is 21.1. The predicted molar refractivity (Wildman–Crippen MR) is 210 cm³/mol. The van der Waals surface area contributed by atoms with E-state index < -0.39 is 21.4 Å². The molecule has 3 aliphatic heterocycles. The van der Waals surface area contributed by atoms with Gasteiger partial charge in [0.05, 0.1) is 55.8 Å². The Kier molecular flexibility index (Phi) is 14.8. The summed E-state index contributed by atoms with van der Waals surface area (Å²) in [5.41, 5.74) is 3.40. The number of piperidine rings is 1. The molecule has 1 N–H and O–H groups in total. The number of anilines is 1. The van der Waals surface area contributed by atoms with Crippen molar-refractivity contribution in [3.63, 3.8) is 0 Å². The summed E-state index contributed by atoms with van der Waals surface area (Å²) in [4.78, 5) is 4.93. The van der Waals surface area contributed by atoms with Crippen molar-refractivity contribution in [1.82, 2.24) is 10.2 Å². The van der Waals surface area contributed by atoms with Crippen LogP contribution in [0.2, 0.25) is 0 Å². The summed E-state index contributed by atoms with van der Waals surface area (Å²) >= 11 is 0. The summed E-state index contributed by atoms with van der Waals surface area (Å²) in [5, 5.41) is 3.74. The van der Waals surface area contributed by atoms with E-state index in [2.05, 4.69) is 39.4 Å². The van der Waals surface area contributed by atoms with E-state index in [1.165, 1.54) is 0 Å². The maximum Gasteiger partial charge on any atom is 0.209 e. The van der Waals surface area contributed by atoms with Gasteiger partial charge in [-0.1, -0.05) is 48.0 Å². The highest BCUT2D eigenvalue weighted by Gasteiger charge is 2.39. The lowest BCUT2D eigenvalue weighted by atomic mass is 9.83. The van der Waals surface area contributed by atoms with Gasteiger partial charge in [0.1, 0.15) is 12.4 Å². The second-order valence-electron chi connectivity index (χ2n) is 14.7. The molecule has 296 valence electrons. The molecule has 0 spiro atoms. The van der Waals surface area contributed by atoms with Gasteiger partial charge in [-0.25, -0.2) is 8.42 Å². The minimum absolute atomic E-state index is 0.0378. The van der Waals surface area contributed by atoms with E-state index in [-0.39, 0.29) is 23.0 Å². The molecule has 11 nitrogen and oxygen atoms in total. The number of aryl methyl sites for hydroxylation is 1. The van der Waals surface area contributed by atoms with Gasteiger partial charge in [0, 0.05) is 65.0 Å². The highest BCUT2D eigenvalue weighted by Crippen LogP contribution is 2.41. The van der Waals surface area contributed by atoms with Crippen molar-refractivity contribution in [2.75, 3.05) is 90.9 Å². The lowest BCUT2D eigenvalue weighted by Crippen LogP contribution is -2.53. The zero-order valence-corrected chi connectivity index (χ0v) is 33.2. The molecular weight excluding hydrogens is 707 g/mol. The van der Waals surface area contributed by atoms with Gasteiger partial charge >= 0.3 is 0 Å². The fourth-order valence-electron chi connectivity index (χ4n) is 7.64. The predicted octanol–water partition coefficient (Wildman–Crippen LogP) is 5.51. The smallest absolute Gasteiger partial charge is 0.209 e. The minimum atomic E-state index is -3.98. The quantitative estimate of drug-likeness (QED) is 0.166. The number of benzene rings is 3. The van der Waals surface area contributed by atoms with E-state index in [9.17, 15) is 8.42 Å². The molecule has 5 atom stereocenters. The Morgan fingerprint density at radius 2 is 1.76 bits per heavy atom. The largest absolute Gasteiger partial charge is 0.490 e. The fraction of sp³-hybridized carbons (Fsp3) is 0.571. The number of hydrogen-bond donors (Lipinski definition) is 1. The third kappa shape index (κ3) is 10.6. The average molecular weight is 766 g/mol. The highest BCUT2D eigenvalue weighted by molar-refractivity contribution is 7.91. The zero-order valence-electron chi connectivity index (χ0n) is 32.4. The number of fused-ring (bicyclic) bond motifs is 1. The van der Waals surface area contributed by atoms with Gasteiger partial charge in [0.25, 0.3) is 0 Å². The van der Waals surface area contributed by atoms with Crippen LogP contribution in [-0.2, 0) is 40.1 Å². The standard InChI is InChI=1S/C42H59N3O8S/c1-5-51-32(3)29-50-30-33-9-11-34(12-10-33)38-26-36(28-44-18-22-49-23-19-44)43-27-41(38)53-42(54(46,47)37-14-7-31(2)8-15-37)35-13-16-40-39(25-35)45(20-24-52-40)17-6-21-48-4/h7-16,25,32,36,38,41-43H,5-6,17-24,26-30H2,1-4H3/t32-,36-,38-,41+,42?/m1/s1. The van der Waals surface area contributed by atoms with Gasteiger partial charge < -0.3 is 38.6 Å². The molecule has 0 amide bonds. The average Bonchev–Trinajstić information content (AvgIpc) is 3.18. The van der Waals surface area contributed by atoms with Crippen LogP contribution in [0.1, 0.15) is 60.3 Å². The van der Waals surface area contributed by atoms with Gasteiger partial charge in [0.15, 0.2) is 5.44 Å². The number of nitrogens with one attached hydrogen (secondary N) is 1. The second kappa shape index (κ2) is 19.7. The molecule has 0 aromatic heterocycles. The number of hydrogen-bond acceptors (Lipinski definition) is 11. The van der Waals surface area contributed by atoms with Crippen LogP contribution in [0.4, 0.5) is 5.69 Å². The molecular formula is C42H59N3O8S. The molecule has 0 saturated carbocycles. The van der Waals surface area contributed by atoms with E-state index in [1.807, 2.05) is 51.1 Å². The number of sulfone groups is 1. The topological polar surface area (TPSA) is 108 Å². The van der Waals surface area contributed by atoms with Crippen molar-refractivity contribution in [3.8, 4) is 5.75 Å². The lowest BCUT2D eigenvalue weighted by Gasteiger charge is -2.41. The summed E-state index contributed by atoms with van der Waals surface area (Å²) in [7, 11) is -2.28. The van der Waals surface area contributed by atoms with E-state index in [0.29, 0.717) is 51.7 Å². The van der Waals surface area contributed by atoms with Crippen molar-refractivity contribution in [3.05, 3.63) is 89.0 Å². The van der Waals surface area contributed by atoms with E-state index >= 15 is 0 Å². The van der Waals surface area contributed by atoms with Gasteiger partial charge in [0.2, 0.25) is 9.84 Å². The van der Waals surface area contributed by atoms with Crippen LogP contribution < -0.4 is 15.0 Å². The Morgan fingerprint density at radius 3 is 2.50 bits per heavy atom. The molecule has 3 aliphatic rings. The van der Waals surface area contributed by atoms with Gasteiger partial charge in [-0.15, -0.1) is 0 Å². The number of ether oxygens (including phenoxy) is 6. The van der Waals surface area contributed by atoms with Crippen molar-refractivity contribution in [2.24, 2.45) is 0 Å². The van der Waals surface area contributed by atoms with Crippen LogP contribution in [0.15, 0.2) is 71.6 Å². The Labute approximate surface area is 322 Å². The molecule has 2 saturated heterocycles. The molecule has 0 aliphatic carbocycles. The van der Waals surface area contributed by atoms with Crippen LogP contribution in [0.5, 0.6) is 5.75 Å². The molecule has 3 aromatic rings. The first kappa shape index (κ1) is 40.6. The Balaban J connectivity index is 1.30. The first-order chi connectivity index (χ1) is 26.2. The van der Waals surface area contributed by atoms with E-state index in [4.69, 9.17) is 28.4 Å². The monoisotopic (exact) mass is 765 g/mol. The Morgan fingerprint density at radius 1 is 0.981 bits per heavy atom. The summed E-state index contributed by atoms with van der Waals surface area (Å²) in [6.07, 6.45) is 1.26. The first-order valence-electron chi connectivity index (χ1n) is 19.5. The summed E-state index contributed by atoms with van der Waals surface area (Å²) in [5.74, 6) is 0.695.